The third kappa shape index (κ3) is 2.79. The van der Waals surface area contributed by atoms with Crippen LogP contribution in [0.3, 0.4) is 0 Å². The summed E-state index contributed by atoms with van der Waals surface area (Å²) in [4.78, 5) is 9.56. The van der Waals surface area contributed by atoms with Crippen molar-refractivity contribution in [2.24, 2.45) is 0 Å². The Morgan fingerprint density at radius 2 is 2.33 bits per heavy atom. The van der Waals surface area contributed by atoms with Crippen molar-refractivity contribution in [3.63, 3.8) is 0 Å². The molecule has 0 radical (unpaired) electrons. The second-order valence-electron chi connectivity index (χ2n) is 1.86. The Balaban J connectivity index is 0.000000354. The van der Waals surface area contributed by atoms with Gasteiger partial charge in [0.05, 0.1) is 11.0 Å². The maximum absolute atomic E-state index is 10.0. The molecular weight excluding hydrogens is 160 g/mol. The fourth-order valence-corrected chi connectivity index (χ4v) is 0.528. The van der Waals surface area contributed by atoms with Crippen LogP contribution in [0.5, 0.6) is 0 Å². The molecule has 1 rings (SSSR count). The van der Waals surface area contributed by atoms with E-state index in [0.29, 0.717) is 5.69 Å². The summed E-state index contributed by atoms with van der Waals surface area (Å²) in [5, 5.41) is 23.3. The highest BCUT2D eigenvalue weighted by molar-refractivity contribution is 5.29. The first kappa shape index (κ1) is 10.1. The van der Waals surface area contributed by atoms with Gasteiger partial charge >= 0.3 is 5.69 Å². The van der Waals surface area contributed by atoms with Crippen LogP contribution >= 0.6 is 0 Å². The normalized spacial score (nSPS) is 7.75. The topological polar surface area (TPSA) is 95.6 Å². The third-order valence-electron chi connectivity index (χ3n) is 1.000. The summed E-state index contributed by atoms with van der Waals surface area (Å²) in [7, 11) is 0. The standard InChI is InChI=1S/C4H5N3O2.C2H3N/c1-3-4(7(8)9)2-5-6-3;1-2-3/h2H,1H3,(H,5,6);1H3. The number of hydrogen-bond donors (Lipinski definition) is 1. The van der Waals surface area contributed by atoms with Gasteiger partial charge in [0, 0.05) is 6.92 Å². The van der Waals surface area contributed by atoms with Crippen molar-refractivity contribution in [1.82, 2.24) is 10.2 Å². The minimum atomic E-state index is -0.473. The van der Waals surface area contributed by atoms with E-state index in [9.17, 15) is 10.1 Å². The number of aryl methyl sites for hydroxylation is 1. The van der Waals surface area contributed by atoms with Gasteiger partial charge < -0.3 is 0 Å². The lowest BCUT2D eigenvalue weighted by molar-refractivity contribution is -0.385. The predicted octanol–water partition coefficient (Wildman–Crippen LogP) is 1.16. The average molecular weight is 168 g/mol. The van der Waals surface area contributed by atoms with E-state index in [-0.39, 0.29) is 5.69 Å². The molecule has 0 saturated carbocycles. The van der Waals surface area contributed by atoms with Crippen LogP contribution in [0.1, 0.15) is 12.6 Å². The Morgan fingerprint density at radius 3 is 2.50 bits per heavy atom. The maximum atomic E-state index is 10.0. The predicted molar refractivity (Wildman–Crippen MR) is 41.3 cm³/mol. The van der Waals surface area contributed by atoms with Gasteiger partial charge in [-0.1, -0.05) is 0 Å². The van der Waals surface area contributed by atoms with Crippen LogP contribution in [0.25, 0.3) is 0 Å². The number of nitro groups is 1. The number of H-pyrrole nitrogens is 1. The van der Waals surface area contributed by atoms with Crippen LogP contribution in [0.4, 0.5) is 5.69 Å². The molecule has 0 fully saturated rings. The number of aromatic amines is 1. The van der Waals surface area contributed by atoms with Crippen molar-refractivity contribution >= 4 is 5.69 Å². The smallest absolute Gasteiger partial charge is 0.276 e. The second kappa shape index (κ2) is 4.85. The minimum absolute atomic E-state index is 0.0370. The Labute approximate surface area is 69.0 Å². The molecule has 0 amide bonds. The van der Waals surface area contributed by atoms with Crippen LogP contribution in [0.15, 0.2) is 6.20 Å². The lowest BCUT2D eigenvalue weighted by Crippen LogP contribution is -1.86. The zero-order valence-corrected chi connectivity index (χ0v) is 6.74. The highest BCUT2D eigenvalue weighted by atomic mass is 16.6. The largest absolute Gasteiger partial charge is 0.309 e. The Morgan fingerprint density at radius 1 is 1.83 bits per heavy atom. The van der Waals surface area contributed by atoms with E-state index in [1.165, 1.54) is 13.1 Å². The van der Waals surface area contributed by atoms with Gasteiger partial charge in [0.2, 0.25) is 0 Å². The SMILES string of the molecule is CC#N.Cc1[nH]ncc1[N+](=O)[O-]. The summed E-state index contributed by atoms with van der Waals surface area (Å²) < 4.78 is 0. The molecule has 0 bridgehead atoms. The first-order chi connectivity index (χ1) is 5.63. The lowest BCUT2D eigenvalue weighted by atomic mass is 10.4. The fraction of sp³-hybridized carbons (Fsp3) is 0.333. The lowest BCUT2D eigenvalue weighted by Gasteiger charge is -1.82. The molecule has 1 aromatic rings. The van der Waals surface area contributed by atoms with Gasteiger partial charge in [0.25, 0.3) is 0 Å². The van der Waals surface area contributed by atoms with Crippen molar-refractivity contribution in [2.45, 2.75) is 13.8 Å². The molecule has 0 saturated heterocycles. The molecule has 1 heterocycles. The van der Waals surface area contributed by atoms with Crippen molar-refractivity contribution in [2.75, 3.05) is 0 Å². The molecule has 64 valence electrons. The Kier molecular flexibility index (Phi) is 4.08. The molecule has 0 unspecified atom stereocenters. The molecule has 0 aliphatic heterocycles. The molecule has 0 atom stereocenters. The minimum Gasteiger partial charge on any atom is -0.276 e. The quantitative estimate of drug-likeness (QED) is 0.502. The van der Waals surface area contributed by atoms with Crippen molar-refractivity contribution in [1.29, 1.82) is 5.26 Å². The highest BCUT2D eigenvalue weighted by Crippen LogP contribution is 2.11. The third-order valence-corrected chi connectivity index (χ3v) is 1.000. The molecule has 0 aromatic carbocycles. The monoisotopic (exact) mass is 168 g/mol. The first-order valence-corrected chi connectivity index (χ1v) is 3.08. The van der Waals surface area contributed by atoms with Crippen LogP contribution < -0.4 is 0 Å². The Bertz CT molecular complexity index is 299. The van der Waals surface area contributed by atoms with E-state index in [1.54, 1.807) is 13.0 Å². The molecule has 0 aliphatic rings. The van der Waals surface area contributed by atoms with Gasteiger partial charge in [-0.15, -0.1) is 0 Å². The molecule has 0 spiro atoms. The van der Waals surface area contributed by atoms with Gasteiger partial charge in [-0.25, -0.2) is 0 Å². The van der Waals surface area contributed by atoms with Crippen LogP contribution in [-0.2, 0) is 0 Å². The summed E-state index contributed by atoms with van der Waals surface area (Å²) in [5.74, 6) is 0. The molecule has 1 aromatic heterocycles. The zero-order chi connectivity index (χ0) is 9.56. The van der Waals surface area contributed by atoms with E-state index >= 15 is 0 Å². The number of rotatable bonds is 1. The highest BCUT2D eigenvalue weighted by Gasteiger charge is 2.09. The van der Waals surface area contributed by atoms with E-state index in [1.807, 2.05) is 0 Å². The van der Waals surface area contributed by atoms with Gasteiger partial charge in [-0.05, 0) is 6.92 Å². The second-order valence-corrected chi connectivity index (χ2v) is 1.86. The molecular formula is C6H8N4O2. The number of nitriles is 1. The summed E-state index contributed by atoms with van der Waals surface area (Å²) in [6, 6.07) is 1.75. The van der Waals surface area contributed by atoms with Crippen molar-refractivity contribution < 1.29 is 4.92 Å². The summed E-state index contributed by atoms with van der Waals surface area (Å²) in [5.41, 5.74) is 0.523. The molecule has 0 aliphatic carbocycles. The fourth-order valence-electron chi connectivity index (χ4n) is 0.528. The number of nitrogens with one attached hydrogen (secondary N) is 1. The molecule has 6 nitrogen and oxygen atoms in total. The van der Waals surface area contributed by atoms with E-state index in [2.05, 4.69) is 10.2 Å². The molecule has 1 N–H and O–H groups in total. The summed E-state index contributed by atoms with van der Waals surface area (Å²) >= 11 is 0. The van der Waals surface area contributed by atoms with Crippen LogP contribution in [0, 0.1) is 28.4 Å². The van der Waals surface area contributed by atoms with E-state index in [4.69, 9.17) is 5.26 Å². The Hall–Kier alpha value is -1.90. The number of hydrogen-bond acceptors (Lipinski definition) is 4. The van der Waals surface area contributed by atoms with E-state index < -0.39 is 4.92 Å². The summed E-state index contributed by atoms with van der Waals surface area (Å²) in [6.45, 7) is 3.03. The number of nitrogens with zero attached hydrogens (tertiary/aromatic N) is 3. The van der Waals surface area contributed by atoms with Crippen molar-refractivity contribution in [3.05, 3.63) is 22.0 Å². The van der Waals surface area contributed by atoms with Gasteiger partial charge in [0.1, 0.15) is 11.9 Å². The molecule has 6 heteroatoms. The van der Waals surface area contributed by atoms with Crippen LogP contribution in [0.2, 0.25) is 0 Å². The van der Waals surface area contributed by atoms with Gasteiger partial charge in [-0.2, -0.15) is 10.4 Å². The van der Waals surface area contributed by atoms with Crippen LogP contribution in [-0.4, -0.2) is 15.1 Å². The number of aromatic nitrogens is 2. The van der Waals surface area contributed by atoms with Crippen molar-refractivity contribution in [3.8, 4) is 6.07 Å². The first-order valence-electron chi connectivity index (χ1n) is 3.08. The molecule has 12 heavy (non-hydrogen) atoms. The average Bonchev–Trinajstić information content (AvgIpc) is 2.36. The zero-order valence-electron chi connectivity index (χ0n) is 6.74. The van der Waals surface area contributed by atoms with Gasteiger partial charge in [0.15, 0.2) is 0 Å². The van der Waals surface area contributed by atoms with E-state index in [0.717, 1.165) is 0 Å². The maximum Gasteiger partial charge on any atom is 0.309 e. The summed E-state index contributed by atoms with van der Waals surface area (Å²) in [6.07, 6.45) is 1.19. The van der Waals surface area contributed by atoms with Gasteiger partial charge in [-0.3, -0.25) is 15.2 Å².